The van der Waals surface area contributed by atoms with E-state index in [1.807, 2.05) is 13.0 Å². The van der Waals surface area contributed by atoms with Crippen LogP contribution in [0.25, 0.3) is 0 Å². The van der Waals surface area contributed by atoms with Gasteiger partial charge in [0.15, 0.2) is 0 Å². The molecule has 0 aromatic heterocycles. The van der Waals surface area contributed by atoms with Gasteiger partial charge in [-0.25, -0.2) is 0 Å². The summed E-state index contributed by atoms with van der Waals surface area (Å²) in [4.78, 5) is 2.65. The molecule has 0 saturated carbocycles. The van der Waals surface area contributed by atoms with E-state index in [4.69, 9.17) is 9.47 Å². The van der Waals surface area contributed by atoms with E-state index in [1.165, 1.54) is 31.5 Å². The van der Waals surface area contributed by atoms with E-state index < -0.39 is 0 Å². The Balaban J connectivity index is 1.70. The van der Waals surface area contributed by atoms with Crippen LogP contribution in [0.2, 0.25) is 0 Å². The van der Waals surface area contributed by atoms with E-state index in [0.717, 1.165) is 37.4 Å². The number of hydrogen-bond acceptors (Lipinski definition) is 4. The zero-order valence-electron chi connectivity index (χ0n) is 13.4. The fraction of sp³-hybridized carbons (Fsp3) is 0.667. The maximum atomic E-state index is 6.46. The summed E-state index contributed by atoms with van der Waals surface area (Å²) in [5, 5.41) is 3.49. The van der Waals surface area contributed by atoms with Crippen molar-refractivity contribution in [2.24, 2.45) is 0 Å². The first kappa shape index (κ1) is 14.3. The molecule has 2 fully saturated rings. The minimum Gasteiger partial charge on any atom is -0.494 e. The number of nitrogens with one attached hydrogen (secondary N) is 1. The average Bonchev–Trinajstić information content (AvgIpc) is 3.19. The van der Waals surface area contributed by atoms with Crippen LogP contribution in [0.15, 0.2) is 18.2 Å². The molecule has 1 aromatic rings. The van der Waals surface area contributed by atoms with Crippen LogP contribution in [-0.4, -0.2) is 43.3 Å². The molecule has 2 saturated heterocycles. The third kappa shape index (κ3) is 2.48. The second-order valence-corrected chi connectivity index (χ2v) is 6.81. The SMILES string of the molecule is CCOc1ccc2c(c1)C(N1CCCC1)CC1(CCNC1)O2. The summed E-state index contributed by atoms with van der Waals surface area (Å²) in [5.41, 5.74) is 1.32. The third-order valence-corrected chi connectivity index (χ3v) is 5.33. The Hall–Kier alpha value is -1.26. The Labute approximate surface area is 132 Å². The van der Waals surface area contributed by atoms with Gasteiger partial charge in [0, 0.05) is 31.0 Å². The van der Waals surface area contributed by atoms with Crippen LogP contribution in [0.4, 0.5) is 0 Å². The normalized spacial score (nSPS) is 31.2. The topological polar surface area (TPSA) is 33.7 Å². The average molecular weight is 302 g/mol. The number of nitrogens with zero attached hydrogens (tertiary/aromatic N) is 1. The molecule has 0 amide bonds. The Morgan fingerprint density at radius 1 is 1.36 bits per heavy atom. The second kappa shape index (κ2) is 5.74. The summed E-state index contributed by atoms with van der Waals surface area (Å²) < 4.78 is 12.2. The zero-order valence-corrected chi connectivity index (χ0v) is 13.4. The molecule has 1 aromatic carbocycles. The summed E-state index contributed by atoms with van der Waals surface area (Å²) >= 11 is 0. The molecule has 1 spiro atoms. The van der Waals surface area contributed by atoms with Crippen molar-refractivity contribution in [3.05, 3.63) is 23.8 Å². The molecule has 0 radical (unpaired) electrons. The van der Waals surface area contributed by atoms with Gasteiger partial charge in [0.1, 0.15) is 17.1 Å². The Morgan fingerprint density at radius 3 is 2.95 bits per heavy atom. The number of likely N-dealkylation sites (tertiary alicyclic amines) is 1. The van der Waals surface area contributed by atoms with Gasteiger partial charge < -0.3 is 14.8 Å². The van der Waals surface area contributed by atoms with Gasteiger partial charge in [-0.15, -0.1) is 0 Å². The van der Waals surface area contributed by atoms with Crippen molar-refractivity contribution in [1.82, 2.24) is 10.2 Å². The predicted octanol–water partition coefficient (Wildman–Crippen LogP) is 2.74. The molecule has 1 N–H and O–H groups in total. The third-order valence-electron chi connectivity index (χ3n) is 5.33. The minimum atomic E-state index is -0.00656. The van der Waals surface area contributed by atoms with Crippen molar-refractivity contribution >= 4 is 0 Å². The molecule has 2 atom stereocenters. The smallest absolute Gasteiger partial charge is 0.125 e. The van der Waals surface area contributed by atoms with Gasteiger partial charge in [-0.1, -0.05) is 0 Å². The van der Waals surface area contributed by atoms with Gasteiger partial charge in [-0.2, -0.15) is 0 Å². The summed E-state index contributed by atoms with van der Waals surface area (Å²) in [7, 11) is 0. The predicted molar refractivity (Wildman–Crippen MR) is 86.6 cm³/mol. The number of hydrogen-bond donors (Lipinski definition) is 1. The molecule has 3 aliphatic heterocycles. The highest BCUT2D eigenvalue weighted by Crippen LogP contribution is 2.46. The fourth-order valence-corrected chi connectivity index (χ4v) is 4.23. The Bertz CT molecular complexity index is 534. The molecule has 22 heavy (non-hydrogen) atoms. The molecule has 4 rings (SSSR count). The lowest BCUT2D eigenvalue weighted by molar-refractivity contribution is 0.0226. The van der Waals surface area contributed by atoms with Crippen molar-refractivity contribution in [2.75, 3.05) is 32.8 Å². The van der Waals surface area contributed by atoms with E-state index in [0.29, 0.717) is 12.6 Å². The Kier molecular flexibility index (Phi) is 3.74. The molecule has 2 unspecified atom stereocenters. The first-order valence-electron chi connectivity index (χ1n) is 8.70. The quantitative estimate of drug-likeness (QED) is 0.931. The number of rotatable bonds is 3. The molecular formula is C18H26N2O2. The van der Waals surface area contributed by atoms with Gasteiger partial charge in [0.05, 0.1) is 6.61 Å². The van der Waals surface area contributed by atoms with Gasteiger partial charge >= 0.3 is 0 Å². The van der Waals surface area contributed by atoms with Crippen molar-refractivity contribution in [1.29, 1.82) is 0 Å². The van der Waals surface area contributed by atoms with Gasteiger partial charge in [0.2, 0.25) is 0 Å². The lowest BCUT2D eigenvalue weighted by Gasteiger charge is -2.43. The van der Waals surface area contributed by atoms with E-state index >= 15 is 0 Å². The largest absolute Gasteiger partial charge is 0.494 e. The van der Waals surface area contributed by atoms with Crippen molar-refractivity contribution in [2.45, 2.75) is 44.2 Å². The van der Waals surface area contributed by atoms with Crippen LogP contribution in [0.3, 0.4) is 0 Å². The van der Waals surface area contributed by atoms with Gasteiger partial charge in [-0.05, 0) is 57.6 Å². The first-order chi connectivity index (χ1) is 10.8. The summed E-state index contributed by atoms with van der Waals surface area (Å²) in [6.45, 7) is 7.22. The number of benzene rings is 1. The van der Waals surface area contributed by atoms with E-state index in [9.17, 15) is 0 Å². The highest BCUT2D eigenvalue weighted by Gasteiger charge is 2.45. The maximum absolute atomic E-state index is 6.46. The zero-order chi connectivity index (χ0) is 15.0. The number of ether oxygens (including phenoxy) is 2. The molecule has 0 aliphatic carbocycles. The van der Waals surface area contributed by atoms with E-state index in [-0.39, 0.29) is 5.60 Å². The highest BCUT2D eigenvalue weighted by molar-refractivity contribution is 5.45. The molecule has 4 nitrogen and oxygen atoms in total. The lowest BCUT2D eigenvalue weighted by Crippen LogP contribution is -2.46. The first-order valence-corrected chi connectivity index (χ1v) is 8.70. The van der Waals surface area contributed by atoms with Crippen LogP contribution < -0.4 is 14.8 Å². The van der Waals surface area contributed by atoms with Crippen LogP contribution in [-0.2, 0) is 0 Å². The molecule has 4 heteroatoms. The van der Waals surface area contributed by atoms with Crippen molar-refractivity contribution in [3.8, 4) is 11.5 Å². The standard InChI is InChI=1S/C18H26N2O2/c1-2-21-14-5-6-17-15(11-14)16(20-9-3-4-10-20)12-18(22-17)7-8-19-13-18/h5-6,11,16,19H,2-4,7-10,12-13H2,1H3. The van der Waals surface area contributed by atoms with Crippen molar-refractivity contribution in [3.63, 3.8) is 0 Å². The molecular weight excluding hydrogens is 276 g/mol. The Morgan fingerprint density at radius 2 is 2.23 bits per heavy atom. The highest BCUT2D eigenvalue weighted by atomic mass is 16.5. The summed E-state index contributed by atoms with van der Waals surface area (Å²) in [5.74, 6) is 2.03. The molecule has 3 heterocycles. The van der Waals surface area contributed by atoms with Crippen LogP contribution in [0, 0.1) is 0 Å². The van der Waals surface area contributed by atoms with Gasteiger partial charge in [0.25, 0.3) is 0 Å². The lowest BCUT2D eigenvalue weighted by atomic mass is 9.85. The van der Waals surface area contributed by atoms with Crippen LogP contribution in [0.5, 0.6) is 11.5 Å². The number of fused-ring (bicyclic) bond motifs is 1. The van der Waals surface area contributed by atoms with Crippen LogP contribution >= 0.6 is 0 Å². The fourth-order valence-electron chi connectivity index (χ4n) is 4.23. The second-order valence-electron chi connectivity index (χ2n) is 6.81. The minimum absolute atomic E-state index is 0.00656. The summed E-state index contributed by atoms with van der Waals surface area (Å²) in [6, 6.07) is 6.84. The molecule has 120 valence electrons. The van der Waals surface area contributed by atoms with E-state index in [1.54, 1.807) is 0 Å². The summed E-state index contributed by atoms with van der Waals surface area (Å²) in [6.07, 6.45) is 4.86. The molecule has 0 bridgehead atoms. The van der Waals surface area contributed by atoms with Gasteiger partial charge in [-0.3, -0.25) is 4.90 Å². The van der Waals surface area contributed by atoms with E-state index in [2.05, 4.69) is 22.3 Å². The van der Waals surface area contributed by atoms with Crippen molar-refractivity contribution < 1.29 is 9.47 Å². The van der Waals surface area contributed by atoms with Crippen LogP contribution in [0.1, 0.15) is 44.2 Å². The maximum Gasteiger partial charge on any atom is 0.125 e. The monoisotopic (exact) mass is 302 g/mol. The molecule has 3 aliphatic rings.